The molecule has 0 bridgehead atoms. The molecule has 5 fully saturated rings. The SMILES string of the molecule is CC1OCCO[C@@]12CC[C@H]1C3=CC=C4CC5OCCOC5C[C@@]4(C)[C@@H]3CC[C@@]12C. The molecule has 0 N–H and O–H groups in total. The van der Waals surface area contributed by atoms with E-state index >= 15 is 0 Å². The minimum atomic E-state index is -0.107. The first kappa shape index (κ1) is 19.0. The Kier molecular flexibility index (Phi) is 4.21. The number of hydrogen-bond acceptors (Lipinski definition) is 4. The van der Waals surface area contributed by atoms with Crippen molar-refractivity contribution < 1.29 is 18.9 Å². The van der Waals surface area contributed by atoms with Crippen molar-refractivity contribution in [2.75, 3.05) is 26.4 Å². The Morgan fingerprint density at radius 2 is 1.62 bits per heavy atom. The maximum atomic E-state index is 6.59. The second-order valence-corrected chi connectivity index (χ2v) is 10.9. The predicted molar refractivity (Wildman–Crippen MR) is 111 cm³/mol. The minimum Gasteiger partial charge on any atom is -0.373 e. The molecule has 0 aromatic rings. The summed E-state index contributed by atoms with van der Waals surface area (Å²) >= 11 is 0. The molecule has 4 nitrogen and oxygen atoms in total. The van der Waals surface area contributed by atoms with Crippen molar-refractivity contribution in [3.05, 3.63) is 23.3 Å². The lowest BCUT2D eigenvalue weighted by Crippen LogP contribution is -2.60. The Morgan fingerprint density at radius 1 is 0.862 bits per heavy atom. The Balaban J connectivity index is 1.36. The number of rotatable bonds is 0. The van der Waals surface area contributed by atoms with Crippen LogP contribution in [0.4, 0.5) is 0 Å². The highest BCUT2D eigenvalue weighted by molar-refractivity contribution is 5.40. The van der Waals surface area contributed by atoms with Crippen LogP contribution in [0.3, 0.4) is 0 Å². The van der Waals surface area contributed by atoms with E-state index in [1.54, 1.807) is 11.1 Å². The predicted octanol–water partition coefficient (Wildman–Crippen LogP) is 4.44. The third-order valence-corrected chi connectivity index (χ3v) is 9.95. The van der Waals surface area contributed by atoms with Gasteiger partial charge in [0.05, 0.1) is 50.3 Å². The van der Waals surface area contributed by atoms with Crippen molar-refractivity contribution in [2.24, 2.45) is 22.7 Å². The molecule has 2 aliphatic heterocycles. The summed E-state index contributed by atoms with van der Waals surface area (Å²) in [7, 11) is 0. The molecule has 0 aromatic carbocycles. The summed E-state index contributed by atoms with van der Waals surface area (Å²) in [6.07, 6.45) is 12.7. The van der Waals surface area contributed by atoms with E-state index in [2.05, 4.69) is 32.9 Å². The van der Waals surface area contributed by atoms with Gasteiger partial charge in [0, 0.05) is 5.41 Å². The van der Waals surface area contributed by atoms with Crippen molar-refractivity contribution in [1.82, 2.24) is 0 Å². The van der Waals surface area contributed by atoms with Gasteiger partial charge in [0.25, 0.3) is 0 Å². The van der Waals surface area contributed by atoms with Gasteiger partial charge in [-0.1, -0.05) is 37.1 Å². The quantitative estimate of drug-likeness (QED) is 0.602. The lowest BCUT2D eigenvalue weighted by atomic mass is 9.49. The fourth-order valence-corrected chi connectivity index (χ4v) is 8.37. The zero-order valence-corrected chi connectivity index (χ0v) is 18.2. The first-order chi connectivity index (χ1) is 14.0. The lowest BCUT2D eigenvalue weighted by molar-refractivity contribution is -0.244. The van der Waals surface area contributed by atoms with E-state index in [-0.39, 0.29) is 34.7 Å². The molecule has 160 valence electrons. The summed E-state index contributed by atoms with van der Waals surface area (Å²) in [5, 5.41) is 0. The molecule has 4 heteroatoms. The number of hydrogen-bond donors (Lipinski definition) is 0. The summed E-state index contributed by atoms with van der Waals surface area (Å²) in [4.78, 5) is 0. The van der Waals surface area contributed by atoms with Gasteiger partial charge in [-0.3, -0.25) is 0 Å². The minimum absolute atomic E-state index is 0.107. The summed E-state index contributed by atoms with van der Waals surface area (Å²) in [5.41, 5.74) is 3.58. The molecular formula is C25H36O4. The van der Waals surface area contributed by atoms with Crippen LogP contribution in [0.2, 0.25) is 0 Å². The van der Waals surface area contributed by atoms with Gasteiger partial charge in [0.15, 0.2) is 0 Å². The van der Waals surface area contributed by atoms with Gasteiger partial charge in [-0.2, -0.15) is 0 Å². The van der Waals surface area contributed by atoms with E-state index in [0.717, 1.165) is 45.7 Å². The molecule has 3 unspecified atom stereocenters. The van der Waals surface area contributed by atoms with E-state index in [9.17, 15) is 0 Å². The lowest BCUT2D eigenvalue weighted by Gasteiger charge is -2.59. The molecule has 29 heavy (non-hydrogen) atoms. The van der Waals surface area contributed by atoms with E-state index in [0.29, 0.717) is 11.8 Å². The monoisotopic (exact) mass is 400 g/mol. The van der Waals surface area contributed by atoms with Crippen molar-refractivity contribution in [3.63, 3.8) is 0 Å². The second kappa shape index (κ2) is 6.41. The van der Waals surface area contributed by atoms with Crippen LogP contribution in [-0.4, -0.2) is 50.3 Å². The zero-order valence-electron chi connectivity index (χ0n) is 18.2. The van der Waals surface area contributed by atoms with Gasteiger partial charge < -0.3 is 18.9 Å². The van der Waals surface area contributed by atoms with Crippen molar-refractivity contribution in [1.29, 1.82) is 0 Å². The fraction of sp³-hybridized carbons (Fsp3) is 0.840. The van der Waals surface area contributed by atoms with Crippen LogP contribution in [-0.2, 0) is 18.9 Å². The van der Waals surface area contributed by atoms with E-state index in [1.165, 1.54) is 19.3 Å². The average molecular weight is 401 g/mol. The van der Waals surface area contributed by atoms with Gasteiger partial charge in [-0.05, 0) is 62.7 Å². The average Bonchev–Trinajstić information content (AvgIpc) is 3.01. The molecule has 2 saturated heterocycles. The molecule has 3 saturated carbocycles. The maximum absolute atomic E-state index is 6.59. The van der Waals surface area contributed by atoms with Crippen molar-refractivity contribution in [3.8, 4) is 0 Å². The highest BCUT2D eigenvalue weighted by atomic mass is 16.6. The van der Waals surface area contributed by atoms with Gasteiger partial charge in [-0.15, -0.1) is 0 Å². The summed E-state index contributed by atoms with van der Waals surface area (Å²) in [5.74, 6) is 1.25. The summed E-state index contributed by atoms with van der Waals surface area (Å²) in [6.45, 7) is 10.3. The van der Waals surface area contributed by atoms with Crippen LogP contribution in [0.5, 0.6) is 0 Å². The fourth-order valence-electron chi connectivity index (χ4n) is 8.37. The highest BCUT2D eigenvalue weighted by Gasteiger charge is 2.66. The molecule has 4 aliphatic carbocycles. The van der Waals surface area contributed by atoms with Crippen LogP contribution < -0.4 is 0 Å². The first-order valence-corrected chi connectivity index (χ1v) is 11.9. The van der Waals surface area contributed by atoms with Gasteiger partial charge >= 0.3 is 0 Å². The zero-order chi connectivity index (χ0) is 19.9. The molecule has 6 aliphatic rings. The first-order valence-electron chi connectivity index (χ1n) is 11.9. The van der Waals surface area contributed by atoms with Crippen molar-refractivity contribution in [2.45, 2.75) is 83.2 Å². The number of fused-ring (bicyclic) bond motifs is 7. The van der Waals surface area contributed by atoms with E-state index in [4.69, 9.17) is 18.9 Å². The van der Waals surface area contributed by atoms with E-state index in [1.807, 2.05) is 0 Å². The molecular weight excluding hydrogens is 364 g/mol. The smallest absolute Gasteiger partial charge is 0.1000 e. The normalized spacial score (nSPS) is 54.0. The van der Waals surface area contributed by atoms with Gasteiger partial charge in [0.1, 0.15) is 0 Å². The summed E-state index contributed by atoms with van der Waals surface area (Å²) < 4.78 is 25.0. The molecule has 6 rings (SSSR count). The van der Waals surface area contributed by atoms with Crippen LogP contribution >= 0.6 is 0 Å². The molecule has 2 heterocycles. The Bertz CT molecular complexity index is 758. The van der Waals surface area contributed by atoms with Crippen LogP contribution in [0.1, 0.15) is 59.3 Å². The van der Waals surface area contributed by atoms with Crippen LogP contribution in [0.15, 0.2) is 23.3 Å². The molecule has 1 spiro atoms. The molecule has 0 aromatic heterocycles. The third-order valence-electron chi connectivity index (χ3n) is 9.95. The number of allylic oxidation sites excluding steroid dienone is 3. The third kappa shape index (κ3) is 2.41. The van der Waals surface area contributed by atoms with Gasteiger partial charge in [-0.25, -0.2) is 0 Å². The molecule has 0 amide bonds. The van der Waals surface area contributed by atoms with Crippen molar-refractivity contribution >= 4 is 0 Å². The molecule has 0 radical (unpaired) electrons. The van der Waals surface area contributed by atoms with Crippen LogP contribution in [0, 0.1) is 22.7 Å². The highest BCUT2D eigenvalue weighted by Crippen LogP contribution is 2.68. The molecule has 8 atom stereocenters. The maximum Gasteiger partial charge on any atom is 0.1000 e. The number of ether oxygens (including phenoxy) is 4. The largest absolute Gasteiger partial charge is 0.373 e. The topological polar surface area (TPSA) is 36.9 Å². The van der Waals surface area contributed by atoms with E-state index < -0.39 is 0 Å². The van der Waals surface area contributed by atoms with Crippen LogP contribution in [0.25, 0.3) is 0 Å². The standard InChI is InChI=1S/C25H36O4/c1-16-25(29-13-12-26-16)9-7-20-18-5-4-17-14-21-22(28-11-10-27-21)15-23(17,2)19(18)6-8-24(20,25)3/h4-5,16,19-22H,6-15H2,1-3H3/t16?,19-,20+,21?,22?,23-,24+,25+/m1/s1. The second-order valence-electron chi connectivity index (χ2n) is 10.9. The summed E-state index contributed by atoms with van der Waals surface area (Å²) in [6, 6.07) is 0. The Hall–Kier alpha value is -0.680. The Morgan fingerprint density at radius 3 is 2.45 bits per heavy atom. The van der Waals surface area contributed by atoms with Gasteiger partial charge in [0.2, 0.25) is 0 Å². The Labute approximate surface area is 175 Å².